The summed E-state index contributed by atoms with van der Waals surface area (Å²) in [6, 6.07) is 5.29. The zero-order valence-corrected chi connectivity index (χ0v) is 17.0. The quantitative estimate of drug-likeness (QED) is 0.771. The van der Waals surface area contributed by atoms with E-state index in [4.69, 9.17) is 19.9 Å². The monoisotopic (exact) mass is 411 g/mol. The SMILES string of the molecule is CCOc1cc(C2C3=C(CCCC3=O)OC3=C2C(=O)CCC3)ccc1OCC(N)=O. The molecule has 0 unspecified atom stereocenters. The number of nitrogens with two attached hydrogens (primary N) is 1. The van der Waals surface area contributed by atoms with Crippen molar-refractivity contribution in [3.05, 3.63) is 46.4 Å². The van der Waals surface area contributed by atoms with E-state index in [-0.39, 0.29) is 18.2 Å². The van der Waals surface area contributed by atoms with Crippen molar-refractivity contribution in [1.29, 1.82) is 0 Å². The van der Waals surface area contributed by atoms with Crippen LogP contribution in [0.4, 0.5) is 0 Å². The minimum atomic E-state index is -0.587. The van der Waals surface area contributed by atoms with Crippen LogP contribution in [0.3, 0.4) is 0 Å². The molecular formula is C23H25NO6. The summed E-state index contributed by atoms with van der Waals surface area (Å²) in [6.07, 6.45) is 3.80. The van der Waals surface area contributed by atoms with Crippen LogP contribution in [-0.2, 0) is 19.1 Å². The van der Waals surface area contributed by atoms with Crippen LogP contribution in [0.15, 0.2) is 40.9 Å². The van der Waals surface area contributed by atoms with Crippen LogP contribution in [0, 0.1) is 0 Å². The first-order chi connectivity index (χ1) is 14.5. The molecule has 2 aliphatic carbocycles. The Morgan fingerprint density at radius 2 is 1.63 bits per heavy atom. The van der Waals surface area contributed by atoms with Gasteiger partial charge in [0.25, 0.3) is 5.91 Å². The van der Waals surface area contributed by atoms with Gasteiger partial charge in [0, 0.05) is 42.7 Å². The third-order valence-corrected chi connectivity index (χ3v) is 5.61. The second-order valence-electron chi connectivity index (χ2n) is 7.66. The van der Waals surface area contributed by atoms with Crippen LogP contribution < -0.4 is 15.2 Å². The van der Waals surface area contributed by atoms with E-state index in [1.54, 1.807) is 12.1 Å². The largest absolute Gasteiger partial charge is 0.490 e. The van der Waals surface area contributed by atoms with Gasteiger partial charge in [-0.1, -0.05) is 6.07 Å². The fraction of sp³-hybridized carbons (Fsp3) is 0.435. The Morgan fingerprint density at radius 3 is 2.20 bits per heavy atom. The average Bonchev–Trinajstić information content (AvgIpc) is 2.72. The highest BCUT2D eigenvalue weighted by molar-refractivity contribution is 6.05. The summed E-state index contributed by atoms with van der Waals surface area (Å²) < 4.78 is 17.2. The van der Waals surface area contributed by atoms with E-state index >= 15 is 0 Å². The summed E-state index contributed by atoms with van der Waals surface area (Å²) in [5, 5.41) is 0. The van der Waals surface area contributed by atoms with E-state index in [1.165, 1.54) is 0 Å². The Labute approximate surface area is 174 Å². The summed E-state index contributed by atoms with van der Waals surface area (Å²) >= 11 is 0. The number of rotatable bonds is 6. The number of carbonyl (C=O) groups excluding carboxylic acids is 3. The van der Waals surface area contributed by atoms with Crippen LogP contribution in [-0.4, -0.2) is 30.7 Å². The first-order valence-electron chi connectivity index (χ1n) is 10.4. The predicted molar refractivity (Wildman–Crippen MR) is 108 cm³/mol. The summed E-state index contributed by atoms with van der Waals surface area (Å²) in [7, 11) is 0. The molecule has 30 heavy (non-hydrogen) atoms. The lowest BCUT2D eigenvalue weighted by molar-refractivity contribution is -0.120. The Morgan fingerprint density at radius 1 is 1.00 bits per heavy atom. The van der Waals surface area contributed by atoms with Gasteiger partial charge in [-0.15, -0.1) is 0 Å². The Kier molecular flexibility index (Phi) is 5.61. The molecule has 0 spiro atoms. The maximum absolute atomic E-state index is 12.9. The van der Waals surface area contributed by atoms with E-state index in [2.05, 4.69) is 0 Å². The number of ketones is 2. The number of hydrogen-bond donors (Lipinski definition) is 1. The molecule has 1 aromatic carbocycles. The van der Waals surface area contributed by atoms with Gasteiger partial charge < -0.3 is 19.9 Å². The molecule has 7 heteroatoms. The smallest absolute Gasteiger partial charge is 0.255 e. The van der Waals surface area contributed by atoms with Gasteiger partial charge in [0.05, 0.1) is 6.61 Å². The summed E-state index contributed by atoms with van der Waals surface area (Å²) in [5.41, 5.74) is 7.13. The minimum Gasteiger partial charge on any atom is -0.490 e. The molecule has 2 N–H and O–H groups in total. The fourth-order valence-corrected chi connectivity index (χ4v) is 4.39. The summed E-state index contributed by atoms with van der Waals surface area (Å²) in [6.45, 7) is 1.97. The van der Waals surface area contributed by atoms with E-state index in [0.29, 0.717) is 66.5 Å². The highest BCUT2D eigenvalue weighted by Crippen LogP contribution is 2.48. The maximum Gasteiger partial charge on any atom is 0.255 e. The van der Waals surface area contributed by atoms with Crippen LogP contribution in [0.2, 0.25) is 0 Å². The number of Topliss-reactive ketones (excluding diaryl/α,β-unsaturated/α-hetero) is 2. The van der Waals surface area contributed by atoms with E-state index in [9.17, 15) is 14.4 Å². The van der Waals surface area contributed by atoms with Crippen molar-refractivity contribution in [1.82, 2.24) is 0 Å². The van der Waals surface area contributed by atoms with E-state index in [1.807, 2.05) is 13.0 Å². The molecule has 0 atom stereocenters. The van der Waals surface area contributed by atoms with Crippen molar-refractivity contribution < 1.29 is 28.6 Å². The summed E-state index contributed by atoms with van der Waals surface area (Å²) in [4.78, 5) is 36.8. The van der Waals surface area contributed by atoms with Gasteiger partial charge >= 0.3 is 0 Å². The molecule has 3 aliphatic rings. The molecule has 0 fully saturated rings. The van der Waals surface area contributed by atoms with Gasteiger partial charge in [-0.05, 0) is 37.5 Å². The molecule has 7 nitrogen and oxygen atoms in total. The second kappa shape index (κ2) is 8.34. The van der Waals surface area contributed by atoms with E-state index < -0.39 is 11.8 Å². The lowest BCUT2D eigenvalue weighted by Crippen LogP contribution is -2.30. The molecule has 158 valence electrons. The molecular weight excluding hydrogens is 386 g/mol. The summed E-state index contributed by atoms with van der Waals surface area (Å²) in [5.74, 6) is 1.22. The van der Waals surface area contributed by atoms with Gasteiger partial charge in [0.1, 0.15) is 11.5 Å². The lowest BCUT2D eigenvalue weighted by atomic mass is 9.73. The van der Waals surface area contributed by atoms with Crippen molar-refractivity contribution in [2.45, 2.75) is 51.4 Å². The average molecular weight is 411 g/mol. The van der Waals surface area contributed by atoms with Crippen LogP contribution in [0.25, 0.3) is 0 Å². The first-order valence-corrected chi connectivity index (χ1v) is 10.4. The number of carbonyl (C=O) groups is 3. The Hall–Kier alpha value is -3.09. The molecule has 4 rings (SSSR count). The zero-order valence-electron chi connectivity index (χ0n) is 17.0. The van der Waals surface area contributed by atoms with Gasteiger partial charge in [-0.3, -0.25) is 14.4 Å². The minimum absolute atomic E-state index is 0.0261. The van der Waals surface area contributed by atoms with Crippen LogP contribution in [0.5, 0.6) is 11.5 Å². The number of primary amides is 1. The van der Waals surface area contributed by atoms with Crippen molar-refractivity contribution in [3.63, 3.8) is 0 Å². The molecule has 0 aromatic heterocycles. The second-order valence-corrected chi connectivity index (χ2v) is 7.66. The number of hydrogen-bond acceptors (Lipinski definition) is 6. The third kappa shape index (κ3) is 3.72. The van der Waals surface area contributed by atoms with Gasteiger partial charge in [0.2, 0.25) is 0 Å². The molecule has 1 aromatic rings. The van der Waals surface area contributed by atoms with E-state index in [0.717, 1.165) is 18.4 Å². The van der Waals surface area contributed by atoms with Gasteiger partial charge in [-0.2, -0.15) is 0 Å². The normalized spacial score (nSPS) is 19.2. The van der Waals surface area contributed by atoms with Gasteiger partial charge in [0.15, 0.2) is 29.7 Å². The number of ether oxygens (including phenoxy) is 3. The maximum atomic E-state index is 12.9. The van der Waals surface area contributed by atoms with Crippen LogP contribution >= 0.6 is 0 Å². The van der Waals surface area contributed by atoms with Crippen molar-refractivity contribution >= 4 is 17.5 Å². The van der Waals surface area contributed by atoms with Crippen molar-refractivity contribution in [2.24, 2.45) is 5.73 Å². The molecule has 0 radical (unpaired) electrons. The first kappa shape index (κ1) is 20.2. The third-order valence-electron chi connectivity index (χ3n) is 5.61. The Bertz CT molecular complexity index is 932. The van der Waals surface area contributed by atoms with Crippen LogP contribution in [0.1, 0.15) is 56.9 Å². The fourth-order valence-electron chi connectivity index (χ4n) is 4.39. The topological polar surface area (TPSA) is 105 Å². The standard InChI is InChI=1S/C23H25NO6/c1-2-28-19-11-13(9-10-16(19)29-12-20(24)27)21-22-14(25)5-3-7-17(22)30-18-8-4-6-15(26)23(18)21/h9-11,21H,2-8,12H2,1H3,(H2,24,27). The highest BCUT2D eigenvalue weighted by Gasteiger charge is 2.41. The predicted octanol–water partition coefficient (Wildman–Crippen LogP) is 3.08. The molecule has 0 bridgehead atoms. The number of benzene rings is 1. The highest BCUT2D eigenvalue weighted by atomic mass is 16.5. The molecule has 1 heterocycles. The molecule has 1 amide bonds. The molecule has 1 aliphatic heterocycles. The van der Waals surface area contributed by atoms with Crippen molar-refractivity contribution in [2.75, 3.05) is 13.2 Å². The molecule has 0 saturated carbocycles. The molecule has 0 saturated heterocycles. The Balaban J connectivity index is 1.81. The lowest BCUT2D eigenvalue weighted by Gasteiger charge is -2.36. The van der Waals surface area contributed by atoms with Crippen molar-refractivity contribution in [3.8, 4) is 11.5 Å². The number of amides is 1. The zero-order chi connectivity index (χ0) is 21.3. The number of allylic oxidation sites excluding steroid dienone is 4. The van der Waals surface area contributed by atoms with Gasteiger partial charge in [-0.25, -0.2) is 0 Å².